The molecule has 0 saturated heterocycles. The summed E-state index contributed by atoms with van der Waals surface area (Å²) in [6.45, 7) is 0. The monoisotopic (exact) mass is 212 g/mol. The van der Waals surface area contributed by atoms with Crippen molar-refractivity contribution in [2.24, 2.45) is 5.73 Å². The number of rotatable bonds is 3. The molecule has 0 radical (unpaired) electrons. The number of carbonyl (C=O) groups is 1. The van der Waals surface area contributed by atoms with E-state index < -0.39 is 5.92 Å². The van der Waals surface area contributed by atoms with Gasteiger partial charge in [-0.25, -0.2) is 0 Å². The molecule has 2 N–H and O–H groups in total. The van der Waals surface area contributed by atoms with Gasteiger partial charge in [0.05, 0.1) is 5.92 Å². The van der Waals surface area contributed by atoms with E-state index >= 15 is 0 Å². The van der Waals surface area contributed by atoms with Gasteiger partial charge in [0.1, 0.15) is 0 Å². The van der Waals surface area contributed by atoms with Gasteiger partial charge in [-0.05, 0) is 17.2 Å². The molecular weight excluding hydrogens is 200 g/mol. The number of hydrogen-bond acceptors (Lipinski definition) is 2. The Kier molecular flexibility index (Phi) is 2.96. The van der Waals surface area contributed by atoms with Crippen LogP contribution < -0.4 is 5.73 Å². The van der Waals surface area contributed by atoms with Crippen LogP contribution in [0.1, 0.15) is 17.0 Å². The molecule has 0 bridgehead atoms. The average Bonchev–Trinajstić information content (AvgIpc) is 2.31. The summed E-state index contributed by atoms with van der Waals surface area (Å²) in [4.78, 5) is 15.5. The molecule has 0 spiro atoms. The molecule has 0 aliphatic rings. The smallest absolute Gasteiger partial charge is 0.229 e. The van der Waals surface area contributed by atoms with Crippen LogP contribution in [0.5, 0.6) is 0 Å². The molecule has 2 rings (SSSR count). The lowest BCUT2D eigenvalue weighted by atomic mass is 9.92. The quantitative estimate of drug-likeness (QED) is 0.841. The summed E-state index contributed by atoms with van der Waals surface area (Å²) in [6.07, 6.45) is 3.34. The van der Waals surface area contributed by atoms with E-state index in [1.807, 2.05) is 36.4 Å². The number of benzene rings is 1. The number of hydrogen-bond donors (Lipinski definition) is 1. The molecule has 0 fully saturated rings. The number of carbonyl (C=O) groups excluding carboxylic acids is 1. The lowest BCUT2D eigenvalue weighted by molar-refractivity contribution is -0.118. The molecule has 0 saturated carbocycles. The first-order valence-electron chi connectivity index (χ1n) is 5.03. The van der Waals surface area contributed by atoms with Crippen LogP contribution >= 0.6 is 0 Å². The number of primary amides is 1. The van der Waals surface area contributed by atoms with Gasteiger partial charge in [0.25, 0.3) is 0 Å². The zero-order chi connectivity index (χ0) is 11.4. The largest absolute Gasteiger partial charge is 0.369 e. The second-order valence-electron chi connectivity index (χ2n) is 3.53. The molecule has 1 heterocycles. The minimum absolute atomic E-state index is 0.362. The van der Waals surface area contributed by atoms with Crippen molar-refractivity contribution >= 4 is 5.91 Å². The molecule has 0 aliphatic heterocycles. The van der Waals surface area contributed by atoms with Crippen molar-refractivity contribution in [3.05, 3.63) is 66.0 Å². The van der Waals surface area contributed by atoms with Crippen LogP contribution in [-0.2, 0) is 4.79 Å². The van der Waals surface area contributed by atoms with Crippen LogP contribution in [0.4, 0.5) is 0 Å². The van der Waals surface area contributed by atoms with Gasteiger partial charge in [-0.15, -0.1) is 0 Å². The van der Waals surface area contributed by atoms with Gasteiger partial charge in [0.15, 0.2) is 0 Å². The highest BCUT2D eigenvalue weighted by molar-refractivity contribution is 5.85. The Morgan fingerprint density at radius 2 is 1.75 bits per heavy atom. The van der Waals surface area contributed by atoms with Crippen LogP contribution in [0.15, 0.2) is 54.9 Å². The SMILES string of the molecule is NC(=O)C(c1ccccc1)c1cccnc1. The van der Waals surface area contributed by atoms with Crippen molar-refractivity contribution in [2.45, 2.75) is 5.92 Å². The third kappa shape index (κ3) is 2.08. The molecule has 80 valence electrons. The van der Waals surface area contributed by atoms with Gasteiger partial charge in [-0.3, -0.25) is 9.78 Å². The first kappa shape index (κ1) is 10.4. The van der Waals surface area contributed by atoms with E-state index in [1.165, 1.54) is 0 Å². The molecule has 1 aromatic carbocycles. The van der Waals surface area contributed by atoms with Crippen molar-refractivity contribution in [3.8, 4) is 0 Å². The van der Waals surface area contributed by atoms with Crippen molar-refractivity contribution in [3.63, 3.8) is 0 Å². The Balaban J connectivity index is 2.44. The molecule has 1 unspecified atom stereocenters. The number of nitrogens with two attached hydrogens (primary N) is 1. The Morgan fingerprint density at radius 1 is 1.06 bits per heavy atom. The number of pyridine rings is 1. The molecule has 0 aliphatic carbocycles. The third-order valence-electron chi connectivity index (χ3n) is 2.44. The van der Waals surface area contributed by atoms with Crippen LogP contribution in [0.2, 0.25) is 0 Å². The maximum Gasteiger partial charge on any atom is 0.229 e. The van der Waals surface area contributed by atoms with Gasteiger partial charge in [-0.1, -0.05) is 36.4 Å². The fraction of sp³-hybridized carbons (Fsp3) is 0.0769. The van der Waals surface area contributed by atoms with Crippen LogP contribution in [0.3, 0.4) is 0 Å². The van der Waals surface area contributed by atoms with E-state index in [0.717, 1.165) is 11.1 Å². The van der Waals surface area contributed by atoms with Crippen molar-refractivity contribution in [1.29, 1.82) is 0 Å². The fourth-order valence-corrected chi connectivity index (χ4v) is 1.71. The Hall–Kier alpha value is -2.16. The lowest BCUT2D eigenvalue weighted by Gasteiger charge is -2.13. The summed E-state index contributed by atoms with van der Waals surface area (Å²) in [5.74, 6) is -0.783. The van der Waals surface area contributed by atoms with Gasteiger partial charge < -0.3 is 5.73 Å². The first-order valence-corrected chi connectivity index (χ1v) is 5.03. The highest BCUT2D eigenvalue weighted by Gasteiger charge is 2.19. The first-order chi connectivity index (χ1) is 7.79. The maximum absolute atomic E-state index is 11.5. The second-order valence-corrected chi connectivity index (χ2v) is 3.53. The molecule has 1 aromatic heterocycles. The zero-order valence-electron chi connectivity index (χ0n) is 8.71. The predicted molar refractivity (Wildman–Crippen MR) is 61.7 cm³/mol. The van der Waals surface area contributed by atoms with Crippen molar-refractivity contribution in [2.75, 3.05) is 0 Å². The maximum atomic E-state index is 11.5. The third-order valence-corrected chi connectivity index (χ3v) is 2.44. The molecule has 1 amide bonds. The molecular formula is C13H12N2O. The lowest BCUT2D eigenvalue weighted by Crippen LogP contribution is -2.22. The minimum atomic E-state index is -0.421. The van der Waals surface area contributed by atoms with E-state index in [4.69, 9.17) is 5.73 Å². The topological polar surface area (TPSA) is 56.0 Å². The van der Waals surface area contributed by atoms with Crippen molar-refractivity contribution < 1.29 is 4.79 Å². The molecule has 16 heavy (non-hydrogen) atoms. The Morgan fingerprint density at radius 3 is 2.31 bits per heavy atom. The van der Waals surface area contributed by atoms with E-state index in [9.17, 15) is 4.79 Å². The van der Waals surface area contributed by atoms with E-state index in [-0.39, 0.29) is 5.91 Å². The standard InChI is InChI=1S/C13H12N2O/c14-13(16)12(10-5-2-1-3-6-10)11-7-4-8-15-9-11/h1-9,12H,(H2,14,16). The predicted octanol–water partition coefficient (Wildman–Crippen LogP) is 1.70. The fourth-order valence-electron chi connectivity index (χ4n) is 1.71. The van der Waals surface area contributed by atoms with Gasteiger partial charge in [0, 0.05) is 12.4 Å². The number of nitrogens with zero attached hydrogens (tertiary/aromatic N) is 1. The van der Waals surface area contributed by atoms with Gasteiger partial charge in [0.2, 0.25) is 5.91 Å². The number of aromatic nitrogens is 1. The highest BCUT2D eigenvalue weighted by atomic mass is 16.1. The van der Waals surface area contributed by atoms with E-state index in [2.05, 4.69) is 4.98 Å². The summed E-state index contributed by atoms with van der Waals surface area (Å²) in [6, 6.07) is 13.1. The average molecular weight is 212 g/mol. The Labute approximate surface area is 93.9 Å². The summed E-state index contributed by atoms with van der Waals surface area (Å²) >= 11 is 0. The summed E-state index contributed by atoms with van der Waals surface area (Å²) < 4.78 is 0. The highest BCUT2D eigenvalue weighted by Crippen LogP contribution is 2.23. The molecule has 1 atom stereocenters. The minimum Gasteiger partial charge on any atom is -0.369 e. The molecule has 3 heteroatoms. The summed E-state index contributed by atoms with van der Waals surface area (Å²) in [5.41, 5.74) is 7.15. The zero-order valence-corrected chi connectivity index (χ0v) is 8.71. The van der Waals surface area contributed by atoms with Crippen LogP contribution in [0, 0.1) is 0 Å². The normalized spacial score (nSPS) is 12.0. The molecule has 3 nitrogen and oxygen atoms in total. The molecule has 2 aromatic rings. The number of amides is 1. The summed E-state index contributed by atoms with van der Waals surface area (Å²) in [5, 5.41) is 0. The van der Waals surface area contributed by atoms with E-state index in [1.54, 1.807) is 18.5 Å². The summed E-state index contributed by atoms with van der Waals surface area (Å²) in [7, 11) is 0. The van der Waals surface area contributed by atoms with Crippen LogP contribution in [0.25, 0.3) is 0 Å². The van der Waals surface area contributed by atoms with Crippen LogP contribution in [-0.4, -0.2) is 10.9 Å². The second kappa shape index (κ2) is 4.57. The van der Waals surface area contributed by atoms with Gasteiger partial charge in [-0.2, -0.15) is 0 Å². The Bertz CT molecular complexity index is 428. The van der Waals surface area contributed by atoms with Crippen molar-refractivity contribution in [1.82, 2.24) is 4.98 Å². The van der Waals surface area contributed by atoms with E-state index in [0.29, 0.717) is 0 Å². The van der Waals surface area contributed by atoms with Gasteiger partial charge >= 0.3 is 0 Å².